The average molecular weight is 235 g/mol. The zero-order valence-electron chi connectivity index (χ0n) is 10.1. The van der Waals surface area contributed by atoms with Gasteiger partial charge < -0.3 is 5.32 Å². The van der Waals surface area contributed by atoms with Crippen LogP contribution in [0.3, 0.4) is 0 Å². The Morgan fingerprint density at radius 3 is 2.56 bits per heavy atom. The van der Waals surface area contributed by atoms with Crippen LogP contribution in [0.25, 0.3) is 0 Å². The predicted molar refractivity (Wildman–Crippen MR) is 73.1 cm³/mol. The first-order valence-corrected chi connectivity index (χ1v) is 5.69. The van der Waals surface area contributed by atoms with Crippen LogP contribution in [0.5, 0.6) is 0 Å². The molecule has 88 valence electrons. The molecule has 2 rings (SSSR count). The third-order valence-electron chi connectivity index (χ3n) is 2.37. The minimum atomic E-state index is -0.301. The van der Waals surface area contributed by atoms with Gasteiger partial charge in [0.1, 0.15) is 0 Å². The summed E-state index contributed by atoms with van der Waals surface area (Å²) in [4.78, 5) is 11.6. The molecule has 0 fully saturated rings. The molecule has 0 spiro atoms. The van der Waals surface area contributed by atoms with Crippen LogP contribution in [-0.2, 0) is 4.79 Å². The molecule has 2 aromatic carbocycles. The summed E-state index contributed by atoms with van der Waals surface area (Å²) in [6, 6.07) is 17.1. The molecule has 0 bridgehead atoms. The lowest BCUT2D eigenvalue weighted by atomic mass is 10.2. The Morgan fingerprint density at radius 2 is 1.83 bits per heavy atom. The number of carbonyl (C=O) groups excluding carboxylic acids is 1. The maximum absolute atomic E-state index is 11.6. The van der Waals surface area contributed by atoms with Gasteiger partial charge >= 0.3 is 5.91 Å². The number of hydrogen-bond donors (Lipinski definition) is 1. The number of carbonyl (C=O) groups is 1. The largest absolute Gasteiger partial charge is 0.315 e. The van der Waals surface area contributed by atoms with Crippen molar-refractivity contribution in [3.05, 3.63) is 65.7 Å². The van der Waals surface area contributed by atoms with Crippen LogP contribution in [-0.4, -0.2) is 5.91 Å². The van der Waals surface area contributed by atoms with E-state index < -0.39 is 0 Å². The van der Waals surface area contributed by atoms with Crippen molar-refractivity contribution in [2.24, 2.45) is 0 Å². The van der Waals surface area contributed by atoms with Gasteiger partial charge in [-0.05, 0) is 36.8 Å². The summed E-state index contributed by atoms with van der Waals surface area (Å²) in [5.74, 6) is 5.08. The summed E-state index contributed by atoms with van der Waals surface area (Å²) < 4.78 is 0. The van der Waals surface area contributed by atoms with Crippen LogP contribution in [0, 0.1) is 18.8 Å². The van der Waals surface area contributed by atoms with Crippen molar-refractivity contribution in [1.29, 1.82) is 0 Å². The Labute approximate surface area is 107 Å². The van der Waals surface area contributed by atoms with E-state index in [1.54, 1.807) is 0 Å². The molecule has 2 aromatic rings. The second-order valence-corrected chi connectivity index (χ2v) is 3.94. The molecule has 1 amide bonds. The molecule has 0 saturated heterocycles. The monoisotopic (exact) mass is 235 g/mol. The normalized spacial score (nSPS) is 9.17. The molecule has 1 N–H and O–H groups in total. The Balaban J connectivity index is 2.04. The fraction of sp³-hybridized carbons (Fsp3) is 0.0625. The summed E-state index contributed by atoms with van der Waals surface area (Å²) >= 11 is 0. The molecule has 0 heterocycles. The van der Waals surface area contributed by atoms with Crippen molar-refractivity contribution in [3.63, 3.8) is 0 Å². The minimum Gasteiger partial charge on any atom is -0.315 e. The average Bonchev–Trinajstić information content (AvgIpc) is 2.38. The highest BCUT2D eigenvalue weighted by molar-refractivity contribution is 6.04. The van der Waals surface area contributed by atoms with Gasteiger partial charge in [-0.15, -0.1) is 0 Å². The van der Waals surface area contributed by atoms with E-state index in [-0.39, 0.29) is 5.91 Å². The molecule has 0 unspecified atom stereocenters. The molecule has 0 aliphatic heterocycles. The first-order valence-electron chi connectivity index (χ1n) is 5.69. The molecular weight excluding hydrogens is 222 g/mol. The van der Waals surface area contributed by atoms with E-state index in [0.717, 1.165) is 16.8 Å². The third kappa shape index (κ3) is 3.50. The van der Waals surface area contributed by atoms with E-state index in [4.69, 9.17) is 0 Å². The van der Waals surface area contributed by atoms with E-state index in [1.165, 1.54) is 0 Å². The molecule has 2 heteroatoms. The topological polar surface area (TPSA) is 29.1 Å². The van der Waals surface area contributed by atoms with Crippen molar-refractivity contribution in [2.45, 2.75) is 6.92 Å². The van der Waals surface area contributed by atoms with E-state index in [1.807, 2.05) is 61.5 Å². The molecular formula is C16H13NO. The molecule has 0 aliphatic rings. The highest BCUT2D eigenvalue weighted by atomic mass is 16.1. The van der Waals surface area contributed by atoms with Crippen LogP contribution >= 0.6 is 0 Å². The Bertz CT molecular complexity index is 606. The zero-order valence-corrected chi connectivity index (χ0v) is 10.1. The van der Waals surface area contributed by atoms with Gasteiger partial charge in [0.25, 0.3) is 0 Å². The molecule has 0 radical (unpaired) electrons. The molecule has 0 atom stereocenters. The van der Waals surface area contributed by atoms with Gasteiger partial charge in [0.15, 0.2) is 0 Å². The summed E-state index contributed by atoms with van der Waals surface area (Å²) in [5.41, 5.74) is 2.70. The molecule has 0 aromatic heterocycles. The summed E-state index contributed by atoms with van der Waals surface area (Å²) in [7, 11) is 0. The first kappa shape index (κ1) is 11.9. The van der Waals surface area contributed by atoms with E-state index >= 15 is 0 Å². The minimum absolute atomic E-state index is 0.301. The lowest BCUT2D eigenvalue weighted by Crippen LogP contribution is -2.08. The van der Waals surface area contributed by atoms with Crippen molar-refractivity contribution >= 4 is 11.6 Å². The van der Waals surface area contributed by atoms with Gasteiger partial charge in [-0.1, -0.05) is 36.3 Å². The molecule has 2 nitrogen and oxygen atoms in total. The quantitative estimate of drug-likeness (QED) is 0.756. The molecule has 18 heavy (non-hydrogen) atoms. The van der Waals surface area contributed by atoms with E-state index in [2.05, 4.69) is 17.2 Å². The summed E-state index contributed by atoms with van der Waals surface area (Å²) in [6.07, 6.45) is 0. The number of anilines is 1. The van der Waals surface area contributed by atoms with Crippen LogP contribution < -0.4 is 5.32 Å². The Kier molecular flexibility index (Phi) is 3.78. The summed E-state index contributed by atoms with van der Waals surface area (Å²) in [6.45, 7) is 1.98. The van der Waals surface area contributed by atoms with Gasteiger partial charge in [-0.25, -0.2) is 0 Å². The fourth-order valence-electron chi connectivity index (χ4n) is 1.54. The lowest BCUT2D eigenvalue weighted by molar-refractivity contribution is -0.111. The van der Waals surface area contributed by atoms with Crippen LogP contribution in [0.15, 0.2) is 54.6 Å². The number of benzene rings is 2. The van der Waals surface area contributed by atoms with Crippen molar-refractivity contribution in [1.82, 2.24) is 0 Å². The second kappa shape index (κ2) is 5.70. The molecule has 0 saturated carbocycles. The van der Waals surface area contributed by atoms with Crippen molar-refractivity contribution in [3.8, 4) is 11.8 Å². The van der Waals surface area contributed by atoms with Gasteiger partial charge in [-0.3, -0.25) is 4.79 Å². The number of aryl methyl sites for hydroxylation is 1. The Hall–Kier alpha value is -2.53. The highest BCUT2D eigenvalue weighted by Crippen LogP contribution is 2.08. The van der Waals surface area contributed by atoms with Crippen molar-refractivity contribution in [2.75, 3.05) is 5.32 Å². The lowest BCUT2D eigenvalue weighted by Gasteiger charge is -2.01. The van der Waals surface area contributed by atoms with E-state index in [9.17, 15) is 4.79 Å². The zero-order chi connectivity index (χ0) is 12.8. The van der Waals surface area contributed by atoms with Crippen LogP contribution in [0.1, 0.15) is 11.1 Å². The Morgan fingerprint density at radius 1 is 1.06 bits per heavy atom. The number of hydrogen-bond acceptors (Lipinski definition) is 1. The number of nitrogens with one attached hydrogen (secondary N) is 1. The smallest absolute Gasteiger partial charge is 0.300 e. The van der Waals surface area contributed by atoms with Gasteiger partial charge in [0.05, 0.1) is 0 Å². The number of amides is 1. The maximum atomic E-state index is 11.6. The fourth-order valence-corrected chi connectivity index (χ4v) is 1.54. The van der Waals surface area contributed by atoms with Gasteiger partial charge in [-0.2, -0.15) is 0 Å². The van der Waals surface area contributed by atoms with Crippen LogP contribution in [0.2, 0.25) is 0 Å². The van der Waals surface area contributed by atoms with Crippen molar-refractivity contribution < 1.29 is 4.79 Å². The third-order valence-corrected chi connectivity index (χ3v) is 2.37. The second-order valence-electron chi connectivity index (χ2n) is 3.94. The van der Waals surface area contributed by atoms with E-state index in [0.29, 0.717) is 0 Å². The maximum Gasteiger partial charge on any atom is 0.300 e. The van der Waals surface area contributed by atoms with Gasteiger partial charge in [0.2, 0.25) is 0 Å². The SMILES string of the molecule is Cc1cccc(NC(=O)C#Cc2ccccc2)c1. The van der Waals surface area contributed by atoms with Crippen LogP contribution in [0.4, 0.5) is 5.69 Å². The predicted octanol–water partition coefficient (Wildman–Crippen LogP) is 2.99. The number of rotatable bonds is 1. The first-order chi connectivity index (χ1) is 8.74. The molecule has 0 aliphatic carbocycles. The van der Waals surface area contributed by atoms with Gasteiger partial charge in [0, 0.05) is 17.2 Å². The standard InChI is InChI=1S/C16H13NO/c1-13-6-5-9-15(12-13)17-16(18)11-10-14-7-3-2-4-8-14/h2-9,12H,1H3,(H,17,18). The summed E-state index contributed by atoms with van der Waals surface area (Å²) in [5, 5.41) is 2.74. The highest BCUT2D eigenvalue weighted by Gasteiger charge is 1.97.